The van der Waals surface area contributed by atoms with E-state index in [0.717, 1.165) is 20.8 Å². The molecule has 0 aliphatic carbocycles. The van der Waals surface area contributed by atoms with Gasteiger partial charge < -0.3 is 13.9 Å². The summed E-state index contributed by atoms with van der Waals surface area (Å²) < 4.78 is 7.78. The van der Waals surface area contributed by atoms with Gasteiger partial charge in [-0.3, -0.25) is 14.8 Å². The minimum Gasteiger partial charge on any atom is -0.454 e. The Morgan fingerprint density at radius 2 is 2.10 bits per heavy atom. The molecule has 0 radical (unpaired) electrons. The lowest BCUT2D eigenvalue weighted by atomic mass is 10.1. The molecule has 0 atom stereocenters. The molecule has 4 aromatic heterocycles. The van der Waals surface area contributed by atoms with Crippen molar-refractivity contribution in [2.24, 2.45) is 7.05 Å². The molecule has 0 fully saturated rings. The van der Waals surface area contributed by atoms with E-state index in [4.69, 9.17) is 16.2 Å². The van der Waals surface area contributed by atoms with Crippen molar-refractivity contribution in [1.82, 2.24) is 14.9 Å². The Hall–Kier alpha value is -3.39. The summed E-state index contributed by atoms with van der Waals surface area (Å²) in [7, 11) is 1.83. The number of hydrogen-bond donors (Lipinski definition) is 2. The first-order valence-corrected chi connectivity index (χ1v) is 11.0. The first-order chi connectivity index (χ1) is 15.0. The molecule has 2 amide bonds. The summed E-state index contributed by atoms with van der Waals surface area (Å²) in [5.41, 5.74) is 4.54. The van der Waals surface area contributed by atoms with Gasteiger partial charge in [-0.15, -0.1) is 11.3 Å². The highest BCUT2D eigenvalue weighted by Gasteiger charge is 2.27. The molecule has 0 saturated heterocycles. The molecule has 1 aliphatic rings. The molecule has 0 saturated carbocycles. The number of fused-ring (bicyclic) bond motifs is 2. The topological polar surface area (TPSA) is 92.1 Å². The smallest absolute Gasteiger partial charge is 0.284 e. The predicted octanol–water partition coefficient (Wildman–Crippen LogP) is 4.43. The number of amides is 2. The fourth-order valence-corrected chi connectivity index (χ4v) is 5.59. The van der Waals surface area contributed by atoms with E-state index in [-0.39, 0.29) is 5.91 Å². The SMILES string of the molecule is [C-]#[N+]c1ccc(-c2cc3c(cc(C(=O)N4CCc5sc(C(=O)NO)cc5C4)n3C)o2)s1. The number of aromatic nitrogens is 1. The normalized spacial score (nSPS) is 13.3. The lowest BCUT2D eigenvalue weighted by molar-refractivity contribution is 0.0710. The molecule has 2 N–H and O–H groups in total. The molecule has 10 heteroatoms. The van der Waals surface area contributed by atoms with Gasteiger partial charge in [-0.25, -0.2) is 10.3 Å². The van der Waals surface area contributed by atoms with Gasteiger partial charge in [0, 0.05) is 37.1 Å². The number of aryl methyl sites for hydroxylation is 1. The van der Waals surface area contributed by atoms with E-state index >= 15 is 0 Å². The Kier molecular flexibility index (Phi) is 4.66. The second-order valence-electron chi connectivity index (χ2n) is 7.18. The standard InChI is InChI=1S/C21H16N4O4S2/c1-22-19-4-3-17(31-19)15-8-12-14(29-15)9-13(24(12)2)21(27)25-6-5-16-11(10-25)7-18(30-16)20(26)23-28/h3-4,7-9,28H,5-6,10H2,2H3,(H,23,26). The zero-order valence-corrected chi connectivity index (χ0v) is 18.0. The highest BCUT2D eigenvalue weighted by Crippen LogP contribution is 2.37. The Bertz CT molecular complexity index is 1380. The van der Waals surface area contributed by atoms with E-state index in [0.29, 0.717) is 46.4 Å². The second kappa shape index (κ2) is 7.39. The van der Waals surface area contributed by atoms with E-state index in [1.807, 2.05) is 23.7 Å². The van der Waals surface area contributed by atoms with Gasteiger partial charge in [0.15, 0.2) is 5.58 Å². The molecule has 31 heavy (non-hydrogen) atoms. The molecule has 0 aromatic carbocycles. The van der Waals surface area contributed by atoms with Crippen molar-refractivity contribution in [3.8, 4) is 10.6 Å². The van der Waals surface area contributed by atoms with Crippen LogP contribution in [-0.2, 0) is 20.0 Å². The van der Waals surface area contributed by atoms with Gasteiger partial charge in [0.05, 0.1) is 21.8 Å². The minimum absolute atomic E-state index is 0.105. The Labute approximate surface area is 184 Å². The number of hydroxylamine groups is 1. The average Bonchev–Trinajstić information content (AvgIpc) is 3.55. The van der Waals surface area contributed by atoms with Gasteiger partial charge in [-0.2, -0.15) is 11.3 Å². The third-order valence-corrected chi connectivity index (χ3v) is 7.60. The quantitative estimate of drug-likeness (QED) is 0.273. The third kappa shape index (κ3) is 3.23. The van der Waals surface area contributed by atoms with Crippen molar-refractivity contribution >= 4 is 50.6 Å². The summed E-state index contributed by atoms with van der Waals surface area (Å²) in [5, 5.41) is 9.44. The monoisotopic (exact) mass is 452 g/mol. The van der Waals surface area contributed by atoms with E-state index in [1.165, 1.54) is 22.7 Å². The third-order valence-electron chi connectivity index (χ3n) is 5.37. The van der Waals surface area contributed by atoms with Crippen LogP contribution in [0.5, 0.6) is 0 Å². The van der Waals surface area contributed by atoms with Gasteiger partial charge in [0.1, 0.15) is 11.5 Å². The van der Waals surface area contributed by atoms with Crippen molar-refractivity contribution < 1.29 is 19.2 Å². The molecule has 0 unspecified atom stereocenters. The van der Waals surface area contributed by atoms with Crippen molar-refractivity contribution in [1.29, 1.82) is 0 Å². The molecule has 4 aromatic rings. The molecular formula is C21H16N4O4S2. The highest BCUT2D eigenvalue weighted by atomic mass is 32.1. The number of nitrogens with zero attached hydrogens (tertiary/aromatic N) is 3. The summed E-state index contributed by atoms with van der Waals surface area (Å²) in [6.07, 6.45) is 0.664. The fraction of sp³-hybridized carbons (Fsp3) is 0.190. The zero-order chi connectivity index (χ0) is 21.7. The van der Waals surface area contributed by atoms with Crippen molar-refractivity contribution in [3.05, 3.63) is 62.8 Å². The number of nitrogens with one attached hydrogen (secondary N) is 1. The van der Waals surface area contributed by atoms with Crippen LogP contribution in [0.25, 0.3) is 26.6 Å². The molecule has 8 nitrogen and oxygen atoms in total. The van der Waals surface area contributed by atoms with Gasteiger partial charge in [0.25, 0.3) is 11.8 Å². The van der Waals surface area contributed by atoms with Gasteiger partial charge >= 0.3 is 0 Å². The van der Waals surface area contributed by atoms with E-state index in [9.17, 15) is 9.59 Å². The number of carbonyl (C=O) groups excluding carboxylic acids is 2. The number of furan rings is 1. The van der Waals surface area contributed by atoms with E-state index in [2.05, 4.69) is 4.85 Å². The van der Waals surface area contributed by atoms with Gasteiger partial charge in [-0.05, 0) is 24.1 Å². The molecule has 0 spiro atoms. The number of hydrogen-bond acceptors (Lipinski definition) is 6. The van der Waals surface area contributed by atoms with Crippen LogP contribution < -0.4 is 5.48 Å². The molecule has 0 bridgehead atoms. The average molecular weight is 453 g/mol. The van der Waals surface area contributed by atoms with E-state index < -0.39 is 5.91 Å². The number of thiophene rings is 2. The second-order valence-corrected chi connectivity index (χ2v) is 9.37. The summed E-state index contributed by atoms with van der Waals surface area (Å²) in [5.74, 6) is 0.0343. The Balaban J connectivity index is 1.40. The first-order valence-electron chi connectivity index (χ1n) is 9.40. The fourth-order valence-electron chi connectivity index (χ4n) is 3.79. The van der Waals surface area contributed by atoms with Crippen LogP contribution in [0.3, 0.4) is 0 Å². The van der Waals surface area contributed by atoms with Crippen LogP contribution in [0.2, 0.25) is 0 Å². The largest absolute Gasteiger partial charge is 0.454 e. The zero-order valence-electron chi connectivity index (χ0n) is 16.3. The van der Waals surface area contributed by atoms with Crippen molar-refractivity contribution in [2.75, 3.05) is 6.54 Å². The minimum atomic E-state index is -0.537. The maximum Gasteiger partial charge on any atom is 0.284 e. The Morgan fingerprint density at radius 1 is 1.26 bits per heavy atom. The van der Waals surface area contributed by atoms with Crippen LogP contribution in [0.15, 0.2) is 34.7 Å². The molecule has 1 aliphatic heterocycles. The lowest BCUT2D eigenvalue weighted by Crippen LogP contribution is -2.36. The van der Waals surface area contributed by atoms with Gasteiger partial charge in [0.2, 0.25) is 5.00 Å². The Morgan fingerprint density at radius 3 is 2.81 bits per heavy atom. The molecule has 5 rings (SSSR count). The molecular weight excluding hydrogens is 436 g/mol. The lowest BCUT2D eigenvalue weighted by Gasteiger charge is -2.27. The summed E-state index contributed by atoms with van der Waals surface area (Å²) in [6.45, 7) is 8.08. The van der Waals surface area contributed by atoms with Crippen molar-refractivity contribution in [2.45, 2.75) is 13.0 Å². The summed E-state index contributed by atoms with van der Waals surface area (Å²) in [6, 6.07) is 8.99. The molecule has 5 heterocycles. The summed E-state index contributed by atoms with van der Waals surface area (Å²) in [4.78, 5) is 32.4. The molecule has 156 valence electrons. The predicted molar refractivity (Wildman–Crippen MR) is 117 cm³/mol. The maximum absolute atomic E-state index is 13.2. The maximum atomic E-state index is 13.2. The first kappa shape index (κ1) is 19.6. The van der Waals surface area contributed by atoms with Gasteiger partial charge in [-0.1, -0.05) is 6.07 Å². The van der Waals surface area contributed by atoms with Crippen LogP contribution >= 0.6 is 22.7 Å². The van der Waals surface area contributed by atoms with E-state index in [1.54, 1.807) is 28.6 Å². The van der Waals surface area contributed by atoms with Crippen LogP contribution in [-0.4, -0.2) is 33.0 Å². The van der Waals surface area contributed by atoms with Crippen LogP contribution in [0.1, 0.15) is 30.6 Å². The number of carbonyl (C=O) groups is 2. The van der Waals surface area contributed by atoms with Crippen molar-refractivity contribution in [3.63, 3.8) is 0 Å². The van der Waals surface area contributed by atoms with Crippen LogP contribution in [0.4, 0.5) is 5.00 Å². The van der Waals surface area contributed by atoms with Crippen LogP contribution in [0, 0.1) is 6.57 Å². The summed E-state index contributed by atoms with van der Waals surface area (Å²) >= 11 is 2.71. The number of rotatable bonds is 3. The highest BCUT2D eigenvalue weighted by molar-refractivity contribution is 7.19.